The van der Waals surface area contributed by atoms with Gasteiger partial charge in [-0.2, -0.15) is 0 Å². The number of amides is 1. The normalized spacial score (nSPS) is 11.6. The summed E-state index contributed by atoms with van der Waals surface area (Å²) < 4.78 is 15.6. The van der Waals surface area contributed by atoms with Crippen LogP contribution in [0.2, 0.25) is 5.02 Å². The van der Waals surface area contributed by atoms with E-state index in [0.717, 1.165) is 5.56 Å². The van der Waals surface area contributed by atoms with E-state index in [2.05, 4.69) is 15.5 Å². The largest absolute Gasteiger partial charge is 0.495 e. The van der Waals surface area contributed by atoms with Gasteiger partial charge in [0.15, 0.2) is 6.10 Å². The number of methoxy groups -OCH3 is 1. The Bertz CT molecular complexity index is 1020. The number of esters is 1. The summed E-state index contributed by atoms with van der Waals surface area (Å²) in [5.74, 6) is -0.390. The predicted octanol–water partition coefficient (Wildman–Crippen LogP) is 3.89. The number of benzene rings is 2. The van der Waals surface area contributed by atoms with Gasteiger partial charge in [0, 0.05) is 16.7 Å². The summed E-state index contributed by atoms with van der Waals surface area (Å²) in [7, 11) is 1.47. The van der Waals surface area contributed by atoms with Crippen LogP contribution in [0.3, 0.4) is 0 Å². The zero-order valence-corrected chi connectivity index (χ0v) is 16.7. The molecule has 0 radical (unpaired) electrons. The monoisotopic (exact) mass is 415 g/mol. The first kappa shape index (κ1) is 20.3. The van der Waals surface area contributed by atoms with Crippen molar-refractivity contribution in [1.82, 2.24) is 10.2 Å². The summed E-state index contributed by atoms with van der Waals surface area (Å²) >= 11 is 6.07. The Hall–Kier alpha value is -3.39. The molecule has 0 fully saturated rings. The third-order valence-corrected chi connectivity index (χ3v) is 4.53. The summed E-state index contributed by atoms with van der Waals surface area (Å²) in [6, 6.07) is 9.69. The Morgan fingerprint density at radius 1 is 1.21 bits per heavy atom. The predicted molar refractivity (Wildman–Crippen MR) is 106 cm³/mol. The molecule has 0 aliphatic carbocycles. The van der Waals surface area contributed by atoms with Crippen LogP contribution < -0.4 is 10.1 Å². The van der Waals surface area contributed by atoms with E-state index in [1.807, 2.05) is 0 Å². The van der Waals surface area contributed by atoms with Crippen molar-refractivity contribution in [2.75, 3.05) is 12.4 Å². The molecular formula is C20H18ClN3O5. The number of hydrogen-bond donors (Lipinski definition) is 1. The molecule has 29 heavy (non-hydrogen) atoms. The first-order valence-corrected chi connectivity index (χ1v) is 8.99. The van der Waals surface area contributed by atoms with Crippen molar-refractivity contribution in [2.24, 2.45) is 0 Å². The maximum Gasteiger partial charge on any atom is 0.338 e. The minimum absolute atomic E-state index is 0.285. The molecule has 1 amide bonds. The SMILES string of the molecule is COc1cc(Cl)c(C)cc1NC(=O)[C@@H](C)OC(=O)c1ccc(-c2nnco2)cc1. The van der Waals surface area contributed by atoms with Gasteiger partial charge in [0.2, 0.25) is 12.3 Å². The van der Waals surface area contributed by atoms with E-state index in [-0.39, 0.29) is 5.56 Å². The van der Waals surface area contributed by atoms with E-state index >= 15 is 0 Å². The molecule has 1 atom stereocenters. The smallest absolute Gasteiger partial charge is 0.338 e. The number of halogens is 1. The van der Waals surface area contributed by atoms with Gasteiger partial charge in [-0.05, 0) is 49.7 Å². The van der Waals surface area contributed by atoms with Crippen molar-refractivity contribution in [3.8, 4) is 17.2 Å². The number of rotatable bonds is 6. The summed E-state index contributed by atoms with van der Waals surface area (Å²) in [6.07, 6.45) is 0.188. The van der Waals surface area contributed by atoms with Crippen LogP contribution >= 0.6 is 11.6 Å². The molecule has 3 rings (SSSR count). The van der Waals surface area contributed by atoms with E-state index in [4.69, 9.17) is 25.5 Å². The van der Waals surface area contributed by atoms with Crippen LogP contribution in [-0.2, 0) is 9.53 Å². The van der Waals surface area contributed by atoms with Crippen molar-refractivity contribution >= 4 is 29.2 Å². The lowest BCUT2D eigenvalue weighted by molar-refractivity contribution is -0.123. The number of hydrogen-bond acceptors (Lipinski definition) is 7. The Morgan fingerprint density at radius 2 is 1.93 bits per heavy atom. The maximum absolute atomic E-state index is 12.4. The number of nitrogens with zero attached hydrogens (tertiary/aromatic N) is 2. The minimum Gasteiger partial charge on any atom is -0.495 e. The molecule has 1 aromatic heterocycles. The third-order valence-electron chi connectivity index (χ3n) is 4.12. The number of aryl methyl sites for hydroxylation is 1. The zero-order chi connectivity index (χ0) is 21.0. The Morgan fingerprint density at radius 3 is 2.55 bits per heavy atom. The van der Waals surface area contributed by atoms with Crippen molar-refractivity contribution in [1.29, 1.82) is 0 Å². The average Bonchev–Trinajstić information content (AvgIpc) is 3.25. The summed E-state index contributed by atoms with van der Waals surface area (Å²) in [6.45, 7) is 3.29. The second-order valence-electron chi connectivity index (χ2n) is 6.16. The van der Waals surface area contributed by atoms with Gasteiger partial charge in [-0.15, -0.1) is 10.2 Å². The highest BCUT2D eigenvalue weighted by atomic mass is 35.5. The second kappa shape index (κ2) is 8.74. The Balaban J connectivity index is 1.65. The van der Waals surface area contributed by atoms with Crippen LogP contribution in [0.1, 0.15) is 22.8 Å². The Kier molecular flexibility index (Phi) is 6.13. The average molecular weight is 416 g/mol. The fraction of sp³-hybridized carbons (Fsp3) is 0.200. The van der Waals surface area contributed by atoms with Gasteiger partial charge < -0.3 is 19.2 Å². The van der Waals surface area contributed by atoms with E-state index < -0.39 is 18.0 Å². The molecule has 0 aliphatic rings. The molecule has 150 valence electrons. The van der Waals surface area contributed by atoms with E-state index in [0.29, 0.717) is 27.9 Å². The van der Waals surface area contributed by atoms with E-state index in [9.17, 15) is 9.59 Å². The minimum atomic E-state index is -1.03. The lowest BCUT2D eigenvalue weighted by atomic mass is 10.1. The fourth-order valence-corrected chi connectivity index (χ4v) is 2.65. The van der Waals surface area contributed by atoms with E-state index in [1.165, 1.54) is 20.4 Å². The Labute approximate surface area is 171 Å². The van der Waals surface area contributed by atoms with Gasteiger partial charge in [0.25, 0.3) is 5.91 Å². The zero-order valence-electron chi connectivity index (χ0n) is 15.9. The maximum atomic E-state index is 12.4. The summed E-state index contributed by atoms with van der Waals surface area (Å²) in [5, 5.41) is 10.6. The molecule has 2 aromatic carbocycles. The molecule has 3 aromatic rings. The van der Waals surface area contributed by atoms with Gasteiger partial charge in [0.1, 0.15) is 5.75 Å². The van der Waals surface area contributed by atoms with Crippen molar-refractivity contribution in [2.45, 2.75) is 20.0 Å². The van der Waals surface area contributed by atoms with Crippen LogP contribution in [0, 0.1) is 6.92 Å². The molecule has 0 saturated heterocycles. The quantitative estimate of drug-likeness (QED) is 0.609. The summed E-state index contributed by atoms with van der Waals surface area (Å²) in [4.78, 5) is 24.8. The fourth-order valence-electron chi connectivity index (χ4n) is 2.49. The van der Waals surface area contributed by atoms with Gasteiger partial charge >= 0.3 is 5.97 Å². The molecule has 1 heterocycles. The van der Waals surface area contributed by atoms with Gasteiger partial charge in [0.05, 0.1) is 18.4 Å². The molecule has 0 bridgehead atoms. The highest BCUT2D eigenvalue weighted by Gasteiger charge is 2.21. The van der Waals surface area contributed by atoms with Gasteiger partial charge in [-0.1, -0.05) is 11.6 Å². The van der Waals surface area contributed by atoms with Crippen LogP contribution in [0.15, 0.2) is 47.2 Å². The standard InChI is InChI=1S/C20H18ClN3O5/c1-11-8-16(17(27-3)9-15(11)21)23-18(25)12(2)29-20(26)14-6-4-13(5-7-14)19-24-22-10-28-19/h4-10,12H,1-3H3,(H,23,25)/t12-/m1/s1. The highest BCUT2D eigenvalue weighted by molar-refractivity contribution is 6.31. The van der Waals surface area contributed by atoms with Crippen molar-refractivity contribution in [3.05, 3.63) is 58.9 Å². The molecule has 0 saturated carbocycles. The molecular weight excluding hydrogens is 398 g/mol. The first-order valence-electron chi connectivity index (χ1n) is 8.61. The van der Waals surface area contributed by atoms with Gasteiger partial charge in [-0.25, -0.2) is 4.79 Å². The number of nitrogens with one attached hydrogen (secondary N) is 1. The van der Waals surface area contributed by atoms with Crippen LogP contribution in [0.4, 0.5) is 5.69 Å². The molecule has 0 spiro atoms. The molecule has 1 N–H and O–H groups in total. The summed E-state index contributed by atoms with van der Waals surface area (Å²) in [5.41, 5.74) is 2.16. The number of ether oxygens (including phenoxy) is 2. The molecule has 8 nitrogen and oxygen atoms in total. The number of carbonyl (C=O) groups is 2. The molecule has 0 aliphatic heterocycles. The van der Waals surface area contributed by atoms with Crippen LogP contribution in [-0.4, -0.2) is 35.3 Å². The number of anilines is 1. The molecule has 9 heteroatoms. The number of carbonyl (C=O) groups excluding carboxylic acids is 2. The number of aromatic nitrogens is 2. The van der Waals surface area contributed by atoms with Crippen LogP contribution in [0.5, 0.6) is 5.75 Å². The van der Waals surface area contributed by atoms with Gasteiger partial charge in [-0.3, -0.25) is 4.79 Å². The molecule has 0 unspecified atom stereocenters. The first-order chi connectivity index (χ1) is 13.9. The third kappa shape index (κ3) is 4.72. The van der Waals surface area contributed by atoms with E-state index in [1.54, 1.807) is 43.3 Å². The van der Waals surface area contributed by atoms with Crippen LogP contribution in [0.25, 0.3) is 11.5 Å². The van der Waals surface area contributed by atoms with Crippen molar-refractivity contribution < 1.29 is 23.5 Å². The highest BCUT2D eigenvalue weighted by Crippen LogP contribution is 2.31. The lowest BCUT2D eigenvalue weighted by Gasteiger charge is -2.16. The lowest BCUT2D eigenvalue weighted by Crippen LogP contribution is -2.30. The second-order valence-corrected chi connectivity index (χ2v) is 6.57. The van der Waals surface area contributed by atoms with Crippen molar-refractivity contribution in [3.63, 3.8) is 0 Å². The topological polar surface area (TPSA) is 104 Å².